The summed E-state index contributed by atoms with van der Waals surface area (Å²) < 4.78 is 12.1. The number of rotatable bonds is 6. The Kier molecular flexibility index (Phi) is 7.24. The number of methoxy groups -OCH3 is 1. The first-order valence-corrected chi connectivity index (χ1v) is 10.6. The average molecular weight is 551 g/mol. The molecule has 0 fully saturated rings. The van der Waals surface area contributed by atoms with Crippen LogP contribution in [0.2, 0.25) is 0 Å². The maximum Gasteiger partial charge on any atom is 0.269 e. The molecule has 0 spiro atoms. The molecule has 0 radical (unpaired) electrons. The summed E-state index contributed by atoms with van der Waals surface area (Å²) in [6.45, 7) is 4.10. The van der Waals surface area contributed by atoms with Crippen molar-refractivity contribution in [3.05, 3.63) is 85.1 Å². The third kappa shape index (κ3) is 5.02. The molecule has 0 saturated heterocycles. The van der Waals surface area contributed by atoms with Crippen LogP contribution in [0.15, 0.2) is 63.8 Å². The SMILES string of the molecule is C=C/C=C(\C=C\c1cnc2c(c1)N(C(=O)c1cc(Br)c(OC)c(Br)c1)CCO2)[N+](=O)[O-]. The Morgan fingerprint density at radius 3 is 2.68 bits per heavy atom. The van der Waals surface area contributed by atoms with Crippen LogP contribution in [0.1, 0.15) is 15.9 Å². The van der Waals surface area contributed by atoms with E-state index in [1.54, 1.807) is 36.3 Å². The minimum Gasteiger partial charge on any atom is -0.494 e. The predicted octanol–water partition coefficient (Wildman–Crippen LogP) is 5.01. The van der Waals surface area contributed by atoms with Gasteiger partial charge in [0.25, 0.3) is 11.6 Å². The van der Waals surface area contributed by atoms with E-state index in [2.05, 4.69) is 43.4 Å². The molecule has 0 aliphatic carbocycles. The Morgan fingerprint density at radius 2 is 2.06 bits per heavy atom. The first-order chi connectivity index (χ1) is 14.8. The number of hydrogen-bond acceptors (Lipinski definition) is 6. The number of allylic oxidation sites excluding steroid dienone is 3. The van der Waals surface area contributed by atoms with Gasteiger partial charge in [0.15, 0.2) is 0 Å². The molecule has 0 bridgehead atoms. The highest BCUT2D eigenvalue weighted by atomic mass is 79.9. The Morgan fingerprint density at radius 1 is 1.35 bits per heavy atom. The second kappa shape index (κ2) is 9.88. The molecule has 160 valence electrons. The van der Waals surface area contributed by atoms with Gasteiger partial charge >= 0.3 is 0 Å². The van der Waals surface area contributed by atoms with Crippen molar-refractivity contribution in [2.45, 2.75) is 0 Å². The number of benzene rings is 1. The summed E-state index contributed by atoms with van der Waals surface area (Å²) in [5.74, 6) is 0.663. The summed E-state index contributed by atoms with van der Waals surface area (Å²) in [6.07, 6.45) is 7.05. The van der Waals surface area contributed by atoms with Gasteiger partial charge < -0.3 is 14.4 Å². The van der Waals surface area contributed by atoms with Crippen molar-refractivity contribution < 1.29 is 19.2 Å². The quantitative estimate of drug-likeness (QED) is 0.285. The lowest BCUT2D eigenvalue weighted by Gasteiger charge is -2.29. The van der Waals surface area contributed by atoms with E-state index >= 15 is 0 Å². The highest BCUT2D eigenvalue weighted by molar-refractivity contribution is 9.11. The summed E-state index contributed by atoms with van der Waals surface area (Å²) in [5, 5.41) is 11.1. The molecule has 2 aromatic rings. The molecule has 0 atom stereocenters. The van der Waals surface area contributed by atoms with Crippen LogP contribution in [0.25, 0.3) is 6.08 Å². The summed E-state index contributed by atoms with van der Waals surface area (Å²) in [7, 11) is 1.54. The minimum atomic E-state index is -0.512. The largest absolute Gasteiger partial charge is 0.494 e. The van der Waals surface area contributed by atoms with E-state index in [4.69, 9.17) is 9.47 Å². The van der Waals surface area contributed by atoms with Gasteiger partial charge in [-0.1, -0.05) is 12.7 Å². The van der Waals surface area contributed by atoms with Crippen LogP contribution in [-0.4, -0.2) is 36.1 Å². The molecule has 0 saturated carbocycles. The number of carbonyl (C=O) groups is 1. The van der Waals surface area contributed by atoms with Gasteiger partial charge in [-0.15, -0.1) is 0 Å². The van der Waals surface area contributed by atoms with E-state index in [0.717, 1.165) is 0 Å². The predicted molar refractivity (Wildman–Crippen MR) is 124 cm³/mol. The van der Waals surface area contributed by atoms with Crippen molar-refractivity contribution in [2.75, 3.05) is 25.2 Å². The molecule has 3 rings (SSSR count). The van der Waals surface area contributed by atoms with Crippen molar-refractivity contribution in [1.82, 2.24) is 4.98 Å². The van der Waals surface area contributed by atoms with Crippen molar-refractivity contribution in [3.8, 4) is 11.6 Å². The maximum atomic E-state index is 13.3. The highest BCUT2D eigenvalue weighted by Gasteiger charge is 2.27. The minimum absolute atomic E-state index is 0.121. The molecule has 0 unspecified atom stereocenters. The van der Waals surface area contributed by atoms with Crippen LogP contribution in [0.5, 0.6) is 11.6 Å². The highest BCUT2D eigenvalue weighted by Crippen LogP contribution is 2.36. The zero-order valence-electron chi connectivity index (χ0n) is 16.4. The van der Waals surface area contributed by atoms with Gasteiger partial charge in [0, 0.05) is 23.9 Å². The van der Waals surface area contributed by atoms with Crippen molar-refractivity contribution in [2.24, 2.45) is 0 Å². The first-order valence-electron chi connectivity index (χ1n) is 8.98. The summed E-state index contributed by atoms with van der Waals surface area (Å²) in [5.41, 5.74) is 1.38. The van der Waals surface area contributed by atoms with Crippen molar-refractivity contribution in [3.63, 3.8) is 0 Å². The standard InChI is InChI=1S/C21H17Br2N3O5/c1-3-4-15(26(28)29)6-5-13-9-18-20(24-12-13)31-8-7-25(18)21(27)14-10-16(22)19(30-2)17(23)11-14/h3-6,9-12H,1,7-8H2,2H3/b6-5+,15-4+. The van der Waals surface area contributed by atoms with Gasteiger partial charge in [0.05, 0.1) is 27.5 Å². The van der Waals surface area contributed by atoms with Crippen LogP contribution in [0, 0.1) is 10.1 Å². The molecule has 0 N–H and O–H groups in total. The zero-order chi connectivity index (χ0) is 22.5. The lowest BCUT2D eigenvalue weighted by atomic mass is 10.1. The number of fused-ring (bicyclic) bond motifs is 1. The number of hydrogen-bond donors (Lipinski definition) is 0. The van der Waals surface area contributed by atoms with Crippen LogP contribution in [0.3, 0.4) is 0 Å². The number of ether oxygens (including phenoxy) is 2. The first kappa shape index (κ1) is 22.7. The van der Waals surface area contributed by atoms with E-state index in [1.165, 1.54) is 24.4 Å². The van der Waals surface area contributed by atoms with E-state index in [0.29, 0.717) is 50.5 Å². The third-order valence-electron chi connectivity index (χ3n) is 4.34. The summed E-state index contributed by atoms with van der Waals surface area (Å²) in [4.78, 5) is 29.6. The van der Waals surface area contributed by atoms with E-state index in [9.17, 15) is 14.9 Å². The molecule has 2 heterocycles. The third-order valence-corrected chi connectivity index (χ3v) is 5.52. The lowest BCUT2D eigenvalue weighted by Crippen LogP contribution is -2.38. The van der Waals surface area contributed by atoms with Gasteiger partial charge in [-0.2, -0.15) is 0 Å². The Balaban J connectivity index is 1.96. The maximum absolute atomic E-state index is 13.3. The number of anilines is 1. The van der Waals surface area contributed by atoms with Crippen molar-refractivity contribution in [1.29, 1.82) is 0 Å². The fraction of sp³-hybridized carbons (Fsp3) is 0.143. The van der Waals surface area contributed by atoms with Gasteiger partial charge in [-0.05, 0) is 61.7 Å². The number of pyridine rings is 1. The van der Waals surface area contributed by atoms with Gasteiger partial charge in [0.1, 0.15) is 18.0 Å². The number of amides is 1. The van der Waals surface area contributed by atoms with Crippen LogP contribution in [-0.2, 0) is 0 Å². The smallest absolute Gasteiger partial charge is 0.269 e. The second-order valence-corrected chi connectivity index (χ2v) is 8.00. The fourth-order valence-electron chi connectivity index (χ4n) is 2.93. The molecular formula is C21H17Br2N3O5. The van der Waals surface area contributed by atoms with Gasteiger partial charge in [-0.25, -0.2) is 4.98 Å². The van der Waals surface area contributed by atoms with Crippen LogP contribution in [0.4, 0.5) is 5.69 Å². The number of halogens is 2. The molecule has 31 heavy (non-hydrogen) atoms. The van der Waals surface area contributed by atoms with Crippen molar-refractivity contribution >= 4 is 49.5 Å². The second-order valence-electron chi connectivity index (χ2n) is 6.29. The number of carbonyl (C=O) groups excluding carboxylic acids is 1. The molecule has 1 aliphatic rings. The monoisotopic (exact) mass is 549 g/mol. The van der Waals surface area contributed by atoms with E-state index < -0.39 is 4.92 Å². The molecule has 1 aliphatic heterocycles. The van der Waals surface area contributed by atoms with E-state index in [1.807, 2.05) is 0 Å². The molecule has 10 heteroatoms. The normalized spacial score (nSPS) is 13.5. The Labute approximate surface area is 195 Å². The number of aromatic nitrogens is 1. The molecule has 1 aromatic carbocycles. The molecule has 8 nitrogen and oxygen atoms in total. The topological polar surface area (TPSA) is 94.8 Å². The van der Waals surface area contributed by atoms with Gasteiger partial charge in [0.2, 0.25) is 5.88 Å². The lowest BCUT2D eigenvalue weighted by molar-refractivity contribution is -0.418. The Hall–Kier alpha value is -2.98. The van der Waals surface area contributed by atoms with E-state index in [-0.39, 0.29) is 11.6 Å². The zero-order valence-corrected chi connectivity index (χ0v) is 19.6. The van der Waals surface area contributed by atoms with Crippen LogP contribution >= 0.6 is 31.9 Å². The molecule has 1 aromatic heterocycles. The number of nitro groups is 1. The van der Waals surface area contributed by atoms with Gasteiger partial charge in [-0.3, -0.25) is 14.9 Å². The summed E-state index contributed by atoms with van der Waals surface area (Å²) >= 11 is 6.83. The Bertz CT molecular complexity index is 1090. The number of nitrogens with zero attached hydrogens (tertiary/aromatic N) is 3. The van der Waals surface area contributed by atoms with Crippen LogP contribution < -0.4 is 14.4 Å². The molecular weight excluding hydrogens is 534 g/mol. The fourth-order valence-corrected chi connectivity index (χ4v) is 4.44. The average Bonchev–Trinajstić information content (AvgIpc) is 2.75. The summed E-state index contributed by atoms with van der Waals surface area (Å²) in [6, 6.07) is 5.07. The molecule has 1 amide bonds.